The number of fused-ring (bicyclic) bond motifs is 1. The minimum Gasteiger partial charge on any atom is -0.504 e. The quantitative estimate of drug-likeness (QED) is 0.672. The second-order valence-electron chi connectivity index (χ2n) is 3.42. The zero-order valence-electron chi connectivity index (χ0n) is 8.15. The molecule has 1 heterocycles. The first kappa shape index (κ1) is 9.64. The Hall–Kier alpha value is -1.91. The van der Waals surface area contributed by atoms with Gasteiger partial charge in [0.15, 0.2) is 11.5 Å². The zero-order chi connectivity index (χ0) is 11.0. The maximum absolute atomic E-state index is 10.8. The van der Waals surface area contributed by atoms with Crippen LogP contribution in [0.1, 0.15) is 5.56 Å². The van der Waals surface area contributed by atoms with Crippen molar-refractivity contribution in [2.75, 3.05) is 12.4 Å². The maximum Gasteiger partial charge on any atom is 0.326 e. The topological polar surface area (TPSA) is 78.8 Å². The van der Waals surface area contributed by atoms with Gasteiger partial charge in [-0.3, -0.25) is 0 Å². The molecule has 0 saturated heterocycles. The van der Waals surface area contributed by atoms with Gasteiger partial charge in [0.2, 0.25) is 0 Å². The van der Waals surface area contributed by atoms with Crippen molar-refractivity contribution in [2.45, 2.75) is 12.5 Å². The Labute approximate surface area is 86.3 Å². The first-order valence-electron chi connectivity index (χ1n) is 4.51. The van der Waals surface area contributed by atoms with Crippen LogP contribution in [-0.2, 0) is 11.2 Å². The third-order valence-electron chi connectivity index (χ3n) is 2.46. The van der Waals surface area contributed by atoms with E-state index in [-0.39, 0.29) is 5.75 Å². The number of carboxylic acids is 1. The van der Waals surface area contributed by atoms with E-state index in [4.69, 9.17) is 9.84 Å². The van der Waals surface area contributed by atoms with Crippen LogP contribution in [-0.4, -0.2) is 29.3 Å². The van der Waals surface area contributed by atoms with Crippen LogP contribution in [0.4, 0.5) is 5.69 Å². The van der Waals surface area contributed by atoms with Crippen molar-refractivity contribution >= 4 is 11.7 Å². The highest BCUT2D eigenvalue weighted by atomic mass is 16.5. The number of carboxylic acid groups (broad SMARTS) is 1. The third kappa shape index (κ3) is 1.56. The van der Waals surface area contributed by atoms with Crippen molar-refractivity contribution in [1.82, 2.24) is 0 Å². The van der Waals surface area contributed by atoms with Crippen LogP contribution in [0.15, 0.2) is 12.1 Å². The largest absolute Gasteiger partial charge is 0.504 e. The lowest BCUT2D eigenvalue weighted by Gasteiger charge is -2.06. The fourth-order valence-electron chi connectivity index (χ4n) is 1.68. The Kier molecular flexibility index (Phi) is 2.15. The number of ether oxygens (including phenoxy) is 1. The standard InChI is InChI=1S/C10H11NO4/c1-15-9-3-5-2-7(10(13)14)11-6(5)4-8(9)12/h3-4,7,11-12H,2H2,1H3,(H,13,14). The van der Waals surface area contributed by atoms with Crippen molar-refractivity contribution < 1.29 is 19.7 Å². The van der Waals surface area contributed by atoms with E-state index in [1.54, 1.807) is 6.07 Å². The summed E-state index contributed by atoms with van der Waals surface area (Å²) in [5.41, 5.74) is 1.50. The molecule has 0 spiro atoms. The van der Waals surface area contributed by atoms with Crippen LogP contribution in [0, 0.1) is 0 Å². The third-order valence-corrected chi connectivity index (χ3v) is 2.46. The lowest BCUT2D eigenvalue weighted by atomic mass is 10.1. The van der Waals surface area contributed by atoms with Crippen LogP contribution in [0.25, 0.3) is 0 Å². The van der Waals surface area contributed by atoms with E-state index < -0.39 is 12.0 Å². The molecule has 0 amide bonds. The molecular formula is C10H11NO4. The number of aromatic hydroxyl groups is 1. The number of anilines is 1. The number of aliphatic carboxylic acids is 1. The van der Waals surface area contributed by atoms with Crippen molar-refractivity contribution in [2.24, 2.45) is 0 Å². The number of phenols is 1. The van der Waals surface area contributed by atoms with Gasteiger partial charge >= 0.3 is 5.97 Å². The van der Waals surface area contributed by atoms with Gasteiger partial charge in [-0.1, -0.05) is 0 Å². The number of phenolic OH excluding ortho intramolecular Hbond substituents is 1. The number of methoxy groups -OCH3 is 1. The highest BCUT2D eigenvalue weighted by molar-refractivity contribution is 5.82. The number of rotatable bonds is 2. The maximum atomic E-state index is 10.8. The van der Waals surface area contributed by atoms with E-state index >= 15 is 0 Å². The molecular weight excluding hydrogens is 198 g/mol. The number of nitrogens with one attached hydrogen (secondary N) is 1. The summed E-state index contributed by atoms with van der Waals surface area (Å²) in [5, 5.41) is 21.1. The summed E-state index contributed by atoms with van der Waals surface area (Å²) >= 11 is 0. The molecule has 0 saturated carbocycles. The highest BCUT2D eigenvalue weighted by Crippen LogP contribution is 2.36. The van der Waals surface area contributed by atoms with Gasteiger partial charge in [0.25, 0.3) is 0 Å². The molecule has 1 unspecified atom stereocenters. The Morgan fingerprint density at radius 3 is 2.93 bits per heavy atom. The fraction of sp³-hybridized carbons (Fsp3) is 0.300. The molecule has 3 N–H and O–H groups in total. The molecule has 0 aromatic heterocycles. The van der Waals surface area contributed by atoms with Gasteiger partial charge in [-0.25, -0.2) is 4.79 Å². The van der Waals surface area contributed by atoms with E-state index in [1.165, 1.54) is 13.2 Å². The molecule has 1 aliphatic rings. The summed E-state index contributed by atoms with van der Waals surface area (Å²) in [6.07, 6.45) is 0.404. The minimum atomic E-state index is -0.898. The van der Waals surface area contributed by atoms with E-state index in [0.29, 0.717) is 17.9 Å². The summed E-state index contributed by atoms with van der Waals surface area (Å²) in [4.78, 5) is 10.8. The molecule has 1 aliphatic heterocycles. The van der Waals surface area contributed by atoms with Gasteiger partial charge in [-0.05, 0) is 11.6 Å². The monoisotopic (exact) mass is 209 g/mol. The Morgan fingerprint density at radius 2 is 2.33 bits per heavy atom. The van der Waals surface area contributed by atoms with Crippen LogP contribution in [0.2, 0.25) is 0 Å². The van der Waals surface area contributed by atoms with Gasteiger partial charge in [0.1, 0.15) is 6.04 Å². The normalized spacial score (nSPS) is 18.1. The van der Waals surface area contributed by atoms with Crippen LogP contribution >= 0.6 is 0 Å². The molecule has 15 heavy (non-hydrogen) atoms. The van der Waals surface area contributed by atoms with Crippen molar-refractivity contribution in [3.63, 3.8) is 0 Å². The Morgan fingerprint density at radius 1 is 1.60 bits per heavy atom. The number of hydrogen-bond acceptors (Lipinski definition) is 4. The molecule has 0 bridgehead atoms. The average molecular weight is 209 g/mol. The van der Waals surface area contributed by atoms with Gasteiger partial charge in [-0.15, -0.1) is 0 Å². The smallest absolute Gasteiger partial charge is 0.326 e. The summed E-state index contributed by atoms with van der Waals surface area (Å²) in [7, 11) is 1.46. The van der Waals surface area contributed by atoms with E-state index in [1.807, 2.05) is 0 Å². The van der Waals surface area contributed by atoms with Gasteiger partial charge in [-0.2, -0.15) is 0 Å². The highest BCUT2D eigenvalue weighted by Gasteiger charge is 2.27. The molecule has 5 heteroatoms. The van der Waals surface area contributed by atoms with Crippen molar-refractivity contribution in [1.29, 1.82) is 0 Å². The van der Waals surface area contributed by atoms with Crippen LogP contribution in [0.5, 0.6) is 11.5 Å². The van der Waals surface area contributed by atoms with E-state index in [9.17, 15) is 9.90 Å². The molecule has 1 atom stereocenters. The summed E-state index contributed by atoms with van der Waals surface area (Å²) in [6.45, 7) is 0. The van der Waals surface area contributed by atoms with Gasteiger partial charge in [0.05, 0.1) is 7.11 Å². The van der Waals surface area contributed by atoms with Crippen molar-refractivity contribution in [3.8, 4) is 11.5 Å². The summed E-state index contributed by atoms with van der Waals surface area (Å²) < 4.78 is 4.94. The molecule has 1 aromatic rings. The lowest BCUT2D eigenvalue weighted by molar-refractivity contribution is -0.137. The van der Waals surface area contributed by atoms with Crippen LogP contribution in [0.3, 0.4) is 0 Å². The molecule has 0 fully saturated rings. The van der Waals surface area contributed by atoms with E-state index in [2.05, 4.69) is 5.32 Å². The molecule has 0 radical (unpaired) electrons. The van der Waals surface area contributed by atoms with Crippen LogP contribution < -0.4 is 10.1 Å². The lowest BCUT2D eigenvalue weighted by Crippen LogP contribution is -2.26. The average Bonchev–Trinajstić information content (AvgIpc) is 2.59. The number of hydrogen-bond donors (Lipinski definition) is 3. The van der Waals surface area contributed by atoms with Gasteiger partial charge < -0.3 is 20.3 Å². The summed E-state index contributed by atoms with van der Waals surface area (Å²) in [6, 6.07) is 2.52. The fourth-order valence-corrected chi connectivity index (χ4v) is 1.68. The predicted molar refractivity (Wildman–Crippen MR) is 53.4 cm³/mol. The van der Waals surface area contributed by atoms with Gasteiger partial charge in [0, 0.05) is 18.2 Å². The van der Waals surface area contributed by atoms with Crippen molar-refractivity contribution in [3.05, 3.63) is 17.7 Å². The molecule has 1 aromatic carbocycles. The Balaban J connectivity index is 2.35. The SMILES string of the molecule is COc1cc2c(cc1O)NC(C(=O)O)C2. The number of carbonyl (C=O) groups is 1. The first-order chi connectivity index (χ1) is 7.11. The molecule has 0 aliphatic carbocycles. The number of benzene rings is 1. The summed E-state index contributed by atoms with van der Waals surface area (Å²) in [5.74, 6) is -0.527. The molecule has 2 rings (SSSR count). The second-order valence-corrected chi connectivity index (χ2v) is 3.42. The Bertz CT molecular complexity index is 416. The molecule has 5 nitrogen and oxygen atoms in total. The second kappa shape index (κ2) is 3.34. The van der Waals surface area contributed by atoms with E-state index in [0.717, 1.165) is 5.56 Å². The first-order valence-corrected chi connectivity index (χ1v) is 4.51. The molecule has 80 valence electrons. The zero-order valence-corrected chi connectivity index (χ0v) is 8.15. The minimum absolute atomic E-state index is 0.00906. The predicted octanol–water partition coefficient (Wildman–Crippen LogP) is 0.822.